The van der Waals surface area contributed by atoms with Gasteiger partial charge >= 0.3 is 5.97 Å². The van der Waals surface area contributed by atoms with Crippen molar-refractivity contribution in [2.24, 2.45) is 0 Å². The van der Waals surface area contributed by atoms with Crippen molar-refractivity contribution in [3.8, 4) is 0 Å². The number of carbonyl (C=O) groups excluding carboxylic acids is 2. The monoisotopic (exact) mass is 1040 g/mol. The summed E-state index contributed by atoms with van der Waals surface area (Å²) in [5, 5.41) is 23.4. The molecule has 1 amide bonds. The van der Waals surface area contributed by atoms with E-state index >= 15 is 0 Å². The highest BCUT2D eigenvalue weighted by Crippen LogP contribution is 2.19. The molecule has 0 rings (SSSR count). The predicted molar refractivity (Wildman–Crippen MR) is 324 cm³/mol. The molecule has 0 radical (unpaired) electrons. The third-order valence-electron chi connectivity index (χ3n) is 15.8. The van der Waals surface area contributed by atoms with Gasteiger partial charge in [0.05, 0.1) is 25.4 Å². The lowest BCUT2D eigenvalue weighted by atomic mass is 10.0. The maximum absolute atomic E-state index is 12.5. The summed E-state index contributed by atoms with van der Waals surface area (Å²) < 4.78 is 5.49. The highest BCUT2D eigenvalue weighted by atomic mass is 16.5. The van der Waals surface area contributed by atoms with Crippen LogP contribution in [0.4, 0.5) is 0 Å². The van der Waals surface area contributed by atoms with Crippen LogP contribution >= 0.6 is 0 Å². The molecule has 0 aliphatic rings. The maximum Gasteiger partial charge on any atom is 0.305 e. The Bertz CT molecular complexity index is 1150. The van der Waals surface area contributed by atoms with Crippen LogP contribution < -0.4 is 5.32 Å². The number of amides is 1. The average molecular weight is 1040 g/mol. The summed E-state index contributed by atoms with van der Waals surface area (Å²) in [5.74, 6) is -0.0411. The van der Waals surface area contributed by atoms with E-state index in [1.54, 1.807) is 0 Å². The molecule has 0 aromatic heterocycles. The minimum Gasteiger partial charge on any atom is -0.466 e. The van der Waals surface area contributed by atoms with Gasteiger partial charge < -0.3 is 20.3 Å². The van der Waals surface area contributed by atoms with Crippen LogP contribution in [0.15, 0.2) is 24.3 Å². The Hall–Kier alpha value is -1.66. The third-order valence-corrected chi connectivity index (χ3v) is 15.8. The zero-order chi connectivity index (χ0) is 53.6. The van der Waals surface area contributed by atoms with Crippen molar-refractivity contribution in [2.75, 3.05) is 13.2 Å². The second-order valence-corrected chi connectivity index (χ2v) is 23.2. The lowest BCUT2D eigenvalue weighted by molar-refractivity contribution is -0.143. The number of aliphatic hydroxyl groups excluding tert-OH is 2. The van der Waals surface area contributed by atoms with Crippen molar-refractivity contribution in [2.45, 2.75) is 386 Å². The van der Waals surface area contributed by atoms with Gasteiger partial charge in [0.2, 0.25) is 5.91 Å². The molecular weight excluding hydrogens is 911 g/mol. The molecule has 0 heterocycles. The fourth-order valence-corrected chi connectivity index (χ4v) is 10.6. The number of ether oxygens (including phenoxy) is 1. The van der Waals surface area contributed by atoms with E-state index in [2.05, 4.69) is 43.5 Å². The molecule has 438 valence electrons. The van der Waals surface area contributed by atoms with Crippen molar-refractivity contribution in [1.82, 2.24) is 5.32 Å². The third kappa shape index (κ3) is 59.6. The largest absolute Gasteiger partial charge is 0.466 e. The topological polar surface area (TPSA) is 95.9 Å². The Morgan fingerprint density at radius 1 is 0.378 bits per heavy atom. The van der Waals surface area contributed by atoms with Gasteiger partial charge in [-0.25, -0.2) is 0 Å². The highest BCUT2D eigenvalue weighted by molar-refractivity contribution is 5.76. The SMILES string of the molecule is CCCCC/C=C\C/C=C\CCCCCCCCCC(=O)OCCCCCCCCCCCCCCCCCCC(=O)NC(CO)C(O)CCCCCCCCCCCCCCCCCCCCCCCCCC. The lowest BCUT2D eigenvalue weighted by Gasteiger charge is -2.22. The fraction of sp³-hybridized carbons (Fsp3) is 0.912. The number of nitrogens with one attached hydrogen (secondary N) is 1. The molecule has 0 spiro atoms. The molecule has 0 saturated carbocycles. The first-order valence-corrected chi connectivity index (χ1v) is 33.6. The van der Waals surface area contributed by atoms with Gasteiger partial charge in [-0.05, 0) is 57.8 Å². The molecule has 2 unspecified atom stereocenters. The van der Waals surface area contributed by atoms with Gasteiger partial charge in [-0.15, -0.1) is 0 Å². The Morgan fingerprint density at radius 2 is 0.676 bits per heavy atom. The molecule has 3 N–H and O–H groups in total. The number of unbranched alkanes of at least 4 members (excludes halogenated alkanes) is 48. The number of esters is 1. The van der Waals surface area contributed by atoms with Gasteiger partial charge in [-0.1, -0.05) is 327 Å². The van der Waals surface area contributed by atoms with Crippen molar-refractivity contribution in [1.29, 1.82) is 0 Å². The molecule has 2 atom stereocenters. The number of carbonyl (C=O) groups is 2. The molecule has 6 nitrogen and oxygen atoms in total. The van der Waals surface area contributed by atoms with Gasteiger partial charge in [-0.2, -0.15) is 0 Å². The van der Waals surface area contributed by atoms with Crippen LogP contribution in [0.2, 0.25) is 0 Å². The number of rotatable bonds is 63. The average Bonchev–Trinajstić information content (AvgIpc) is 3.40. The van der Waals surface area contributed by atoms with E-state index < -0.39 is 12.1 Å². The van der Waals surface area contributed by atoms with E-state index in [-0.39, 0.29) is 18.5 Å². The van der Waals surface area contributed by atoms with Gasteiger partial charge in [-0.3, -0.25) is 9.59 Å². The van der Waals surface area contributed by atoms with Crippen molar-refractivity contribution in [3.05, 3.63) is 24.3 Å². The van der Waals surface area contributed by atoms with Gasteiger partial charge in [0, 0.05) is 12.8 Å². The molecule has 0 saturated heterocycles. The van der Waals surface area contributed by atoms with Crippen LogP contribution in [0.25, 0.3) is 0 Å². The normalized spacial score (nSPS) is 12.6. The van der Waals surface area contributed by atoms with E-state index in [4.69, 9.17) is 4.74 Å². The summed E-state index contributed by atoms with van der Waals surface area (Å²) in [5.41, 5.74) is 0. The molecule has 74 heavy (non-hydrogen) atoms. The molecule has 0 aliphatic heterocycles. The standard InChI is InChI=1S/C68H131NO5/c1-3-5-7-9-11-13-15-17-19-21-22-23-24-25-26-27-29-32-36-40-44-48-52-56-60-66(71)65(64-70)69-67(72)61-57-53-49-45-41-37-33-30-31-35-39-43-47-51-55-59-63-74-68(73)62-58-54-50-46-42-38-34-28-20-18-16-14-12-10-8-6-4-2/h12,14,18,20,65-66,70-71H,3-11,13,15-17,19,21-64H2,1-2H3,(H,69,72)/b14-12-,20-18-. The van der Waals surface area contributed by atoms with Crippen LogP contribution in [0.5, 0.6) is 0 Å². The molecular formula is C68H131NO5. The minimum absolute atomic E-state index is 0.00338. The zero-order valence-corrected chi connectivity index (χ0v) is 50.1. The first-order valence-electron chi connectivity index (χ1n) is 33.6. The quantitative estimate of drug-likeness (QED) is 0.0320. The van der Waals surface area contributed by atoms with Crippen LogP contribution in [-0.4, -0.2) is 47.4 Å². The number of hydrogen-bond donors (Lipinski definition) is 3. The molecule has 6 heteroatoms. The Morgan fingerprint density at radius 3 is 1.05 bits per heavy atom. The lowest BCUT2D eigenvalue weighted by Crippen LogP contribution is -2.45. The number of allylic oxidation sites excluding steroid dienone is 4. The summed E-state index contributed by atoms with van der Waals surface area (Å²) in [6.45, 7) is 4.94. The molecule has 0 bridgehead atoms. The van der Waals surface area contributed by atoms with Gasteiger partial charge in [0.25, 0.3) is 0 Å². The zero-order valence-electron chi connectivity index (χ0n) is 50.1. The van der Waals surface area contributed by atoms with Crippen molar-refractivity contribution in [3.63, 3.8) is 0 Å². The summed E-state index contributed by atoms with van der Waals surface area (Å²) in [4.78, 5) is 24.6. The van der Waals surface area contributed by atoms with E-state index in [9.17, 15) is 19.8 Å². The smallest absolute Gasteiger partial charge is 0.305 e. The summed E-state index contributed by atoms with van der Waals surface area (Å²) in [6.07, 6.45) is 79.1. The van der Waals surface area contributed by atoms with E-state index in [0.717, 1.165) is 51.4 Å². The van der Waals surface area contributed by atoms with Crippen LogP contribution in [-0.2, 0) is 14.3 Å². The van der Waals surface area contributed by atoms with Crippen molar-refractivity contribution < 1.29 is 24.5 Å². The molecule has 0 aromatic rings. The Labute approximate surface area is 462 Å². The maximum atomic E-state index is 12.5. The Balaban J connectivity index is 3.41. The van der Waals surface area contributed by atoms with Crippen LogP contribution in [0, 0.1) is 0 Å². The number of aliphatic hydroxyl groups is 2. The van der Waals surface area contributed by atoms with E-state index in [1.807, 2.05) is 0 Å². The number of hydrogen-bond acceptors (Lipinski definition) is 5. The minimum atomic E-state index is -0.671. The first-order chi connectivity index (χ1) is 36.5. The Kier molecular flexibility index (Phi) is 62.4. The predicted octanol–water partition coefficient (Wildman–Crippen LogP) is 21.4. The van der Waals surface area contributed by atoms with Crippen molar-refractivity contribution >= 4 is 11.9 Å². The summed E-state index contributed by atoms with van der Waals surface area (Å²) >= 11 is 0. The highest BCUT2D eigenvalue weighted by Gasteiger charge is 2.20. The second kappa shape index (κ2) is 63.9. The fourth-order valence-electron chi connectivity index (χ4n) is 10.6. The van der Waals surface area contributed by atoms with Crippen LogP contribution in [0.1, 0.15) is 373 Å². The second-order valence-electron chi connectivity index (χ2n) is 23.2. The van der Waals surface area contributed by atoms with Gasteiger partial charge in [0.1, 0.15) is 0 Å². The van der Waals surface area contributed by atoms with E-state index in [0.29, 0.717) is 25.9 Å². The molecule has 0 aromatic carbocycles. The van der Waals surface area contributed by atoms with Gasteiger partial charge in [0.15, 0.2) is 0 Å². The first kappa shape index (κ1) is 72.3. The van der Waals surface area contributed by atoms with Crippen LogP contribution in [0.3, 0.4) is 0 Å². The molecule has 0 aliphatic carbocycles. The summed E-state index contributed by atoms with van der Waals surface area (Å²) in [7, 11) is 0. The van der Waals surface area contributed by atoms with E-state index in [1.165, 1.54) is 289 Å². The molecule has 0 fully saturated rings. The summed E-state index contributed by atoms with van der Waals surface area (Å²) in [6, 6.07) is -0.548.